The van der Waals surface area contributed by atoms with E-state index in [9.17, 15) is 8.42 Å². The highest BCUT2D eigenvalue weighted by Crippen LogP contribution is 2.29. The lowest BCUT2D eigenvalue weighted by atomic mass is 9.94. The van der Waals surface area contributed by atoms with Crippen LogP contribution in [0.15, 0.2) is 18.2 Å². The van der Waals surface area contributed by atoms with Gasteiger partial charge in [0.1, 0.15) is 0 Å². The SMILES string of the molecule is CCN(Cc1ccc(OC)c(OC)c1)S(=O)(=O)N1CC(C)CC(C)C1. The first-order chi connectivity index (χ1) is 11.8. The molecule has 0 aromatic heterocycles. The van der Waals surface area contributed by atoms with Gasteiger partial charge in [0, 0.05) is 26.2 Å². The second kappa shape index (κ2) is 8.38. The van der Waals surface area contributed by atoms with Crippen LogP contribution < -0.4 is 9.47 Å². The third-order valence-corrected chi connectivity index (χ3v) is 6.64. The van der Waals surface area contributed by atoms with E-state index in [1.165, 1.54) is 4.31 Å². The van der Waals surface area contributed by atoms with Crippen LogP contribution in [-0.4, -0.2) is 50.9 Å². The van der Waals surface area contributed by atoms with Crippen LogP contribution in [0.3, 0.4) is 0 Å². The molecule has 0 N–H and O–H groups in total. The number of rotatable bonds is 7. The average molecular weight is 371 g/mol. The van der Waals surface area contributed by atoms with E-state index in [1.54, 1.807) is 24.6 Å². The minimum absolute atomic E-state index is 0.318. The van der Waals surface area contributed by atoms with Gasteiger partial charge in [-0.15, -0.1) is 0 Å². The standard InChI is InChI=1S/C18H30N2O4S/c1-6-19(13-16-7-8-17(23-4)18(10-16)24-5)25(21,22)20-11-14(2)9-15(3)12-20/h7-8,10,14-15H,6,9,11-13H2,1-5H3. The van der Waals surface area contributed by atoms with Crippen LogP contribution in [0.4, 0.5) is 0 Å². The van der Waals surface area contributed by atoms with Gasteiger partial charge in [-0.05, 0) is 36.0 Å². The predicted molar refractivity (Wildman–Crippen MR) is 99.1 cm³/mol. The first-order valence-electron chi connectivity index (χ1n) is 8.77. The Balaban J connectivity index is 2.21. The van der Waals surface area contributed by atoms with Crippen molar-refractivity contribution in [1.29, 1.82) is 0 Å². The predicted octanol–water partition coefficient (Wildman–Crippen LogP) is 2.75. The summed E-state index contributed by atoms with van der Waals surface area (Å²) in [4.78, 5) is 0. The molecule has 0 bridgehead atoms. The van der Waals surface area contributed by atoms with Crippen molar-refractivity contribution < 1.29 is 17.9 Å². The molecule has 2 rings (SSSR count). The highest BCUT2D eigenvalue weighted by atomic mass is 32.2. The van der Waals surface area contributed by atoms with E-state index in [-0.39, 0.29) is 0 Å². The van der Waals surface area contributed by atoms with Crippen molar-refractivity contribution in [3.63, 3.8) is 0 Å². The fourth-order valence-corrected chi connectivity index (χ4v) is 5.35. The van der Waals surface area contributed by atoms with Gasteiger partial charge in [0.2, 0.25) is 0 Å². The van der Waals surface area contributed by atoms with E-state index in [0.29, 0.717) is 49.5 Å². The summed E-state index contributed by atoms with van der Waals surface area (Å²) in [5.41, 5.74) is 0.876. The highest BCUT2D eigenvalue weighted by molar-refractivity contribution is 7.86. The second-order valence-electron chi connectivity index (χ2n) is 6.89. The normalized spacial score (nSPS) is 22.2. The molecule has 6 nitrogen and oxygen atoms in total. The smallest absolute Gasteiger partial charge is 0.282 e. The van der Waals surface area contributed by atoms with E-state index in [1.807, 2.05) is 19.1 Å². The molecule has 25 heavy (non-hydrogen) atoms. The largest absolute Gasteiger partial charge is 0.493 e. The maximum Gasteiger partial charge on any atom is 0.282 e. The maximum atomic E-state index is 13.1. The molecule has 7 heteroatoms. The number of hydrogen-bond acceptors (Lipinski definition) is 4. The Morgan fingerprint density at radius 1 is 1.12 bits per heavy atom. The van der Waals surface area contributed by atoms with Gasteiger partial charge >= 0.3 is 0 Å². The Kier molecular flexibility index (Phi) is 6.71. The Hall–Kier alpha value is -1.31. The van der Waals surface area contributed by atoms with E-state index >= 15 is 0 Å². The summed E-state index contributed by atoms with van der Waals surface area (Å²) in [5, 5.41) is 0. The zero-order valence-corrected chi connectivity index (χ0v) is 16.7. The molecule has 1 saturated heterocycles. The molecule has 1 aliphatic heterocycles. The van der Waals surface area contributed by atoms with Gasteiger partial charge in [-0.25, -0.2) is 0 Å². The molecule has 142 valence electrons. The Morgan fingerprint density at radius 2 is 1.72 bits per heavy atom. The molecule has 2 unspecified atom stereocenters. The zero-order chi connectivity index (χ0) is 18.6. The van der Waals surface area contributed by atoms with Gasteiger partial charge in [0.05, 0.1) is 14.2 Å². The minimum atomic E-state index is -3.48. The van der Waals surface area contributed by atoms with Crippen LogP contribution in [-0.2, 0) is 16.8 Å². The molecule has 1 heterocycles. The summed E-state index contributed by atoms with van der Waals surface area (Å²) in [5.74, 6) is 2.01. The van der Waals surface area contributed by atoms with Gasteiger partial charge in [-0.3, -0.25) is 0 Å². The first kappa shape index (κ1) is 20.0. The molecular formula is C18H30N2O4S. The number of benzene rings is 1. The van der Waals surface area contributed by atoms with Gasteiger partial charge in [0.25, 0.3) is 10.2 Å². The van der Waals surface area contributed by atoms with Crippen LogP contribution >= 0.6 is 0 Å². The molecule has 0 amide bonds. The lowest BCUT2D eigenvalue weighted by Gasteiger charge is -2.37. The quantitative estimate of drug-likeness (QED) is 0.740. The minimum Gasteiger partial charge on any atom is -0.493 e. The van der Waals surface area contributed by atoms with Crippen LogP contribution in [0, 0.1) is 11.8 Å². The molecule has 0 spiro atoms. The number of ether oxygens (including phenoxy) is 2. The number of nitrogens with zero attached hydrogens (tertiary/aromatic N) is 2. The van der Waals surface area contributed by atoms with Gasteiger partial charge in [-0.2, -0.15) is 17.0 Å². The van der Waals surface area contributed by atoms with Crippen LogP contribution in [0.1, 0.15) is 32.8 Å². The Morgan fingerprint density at radius 3 is 2.24 bits per heavy atom. The van der Waals surface area contributed by atoms with Crippen LogP contribution in [0.25, 0.3) is 0 Å². The molecule has 0 aliphatic carbocycles. The molecule has 1 fully saturated rings. The van der Waals surface area contributed by atoms with E-state index in [2.05, 4.69) is 13.8 Å². The van der Waals surface area contributed by atoms with Gasteiger partial charge < -0.3 is 9.47 Å². The van der Waals surface area contributed by atoms with E-state index in [0.717, 1.165) is 12.0 Å². The summed E-state index contributed by atoms with van der Waals surface area (Å²) >= 11 is 0. The summed E-state index contributed by atoms with van der Waals surface area (Å²) in [6.45, 7) is 8.03. The van der Waals surface area contributed by atoms with Crippen LogP contribution in [0.5, 0.6) is 11.5 Å². The summed E-state index contributed by atoms with van der Waals surface area (Å²) < 4.78 is 39.9. The lowest BCUT2D eigenvalue weighted by Crippen LogP contribution is -2.49. The fourth-order valence-electron chi connectivity index (χ4n) is 3.50. The molecule has 1 aliphatic rings. The van der Waals surface area contributed by atoms with Crippen molar-refractivity contribution in [3.8, 4) is 11.5 Å². The van der Waals surface area contributed by atoms with Crippen molar-refractivity contribution in [2.75, 3.05) is 33.9 Å². The fraction of sp³-hybridized carbons (Fsp3) is 0.667. The van der Waals surface area contributed by atoms with Crippen molar-refractivity contribution in [1.82, 2.24) is 8.61 Å². The van der Waals surface area contributed by atoms with E-state index < -0.39 is 10.2 Å². The monoisotopic (exact) mass is 370 g/mol. The summed E-state index contributed by atoms with van der Waals surface area (Å²) in [7, 11) is -0.321. The average Bonchev–Trinajstić information content (AvgIpc) is 2.58. The number of piperidine rings is 1. The zero-order valence-electron chi connectivity index (χ0n) is 15.9. The molecule has 0 saturated carbocycles. The summed E-state index contributed by atoms with van der Waals surface area (Å²) in [6.07, 6.45) is 1.08. The van der Waals surface area contributed by atoms with Crippen molar-refractivity contribution in [3.05, 3.63) is 23.8 Å². The number of hydrogen-bond donors (Lipinski definition) is 0. The molecule has 0 radical (unpaired) electrons. The van der Waals surface area contributed by atoms with Gasteiger partial charge in [-0.1, -0.05) is 26.8 Å². The molecule has 2 atom stereocenters. The third-order valence-electron chi connectivity index (χ3n) is 4.65. The van der Waals surface area contributed by atoms with Crippen molar-refractivity contribution in [2.24, 2.45) is 11.8 Å². The second-order valence-corrected chi connectivity index (χ2v) is 8.81. The molecule has 1 aromatic rings. The van der Waals surface area contributed by atoms with Crippen molar-refractivity contribution in [2.45, 2.75) is 33.7 Å². The first-order valence-corrected chi connectivity index (χ1v) is 10.2. The Bertz CT molecular complexity index is 668. The number of methoxy groups -OCH3 is 2. The third kappa shape index (κ3) is 4.65. The molecular weight excluding hydrogens is 340 g/mol. The highest BCUT2D eigenvalue weighted by Gasteiger charge is 2.34. The lowest BCUT2D eigenvalue weighted by molar-refractivity contribution is 0.208. The molecule has 1 aromatic carbocycles. The van der Waals surface area contributed by atoms with Crippen LogP contribution in [0.2, 0.25) is 0 Å². The Labute approximate surface area is 151 Å². The van der Waals surface area contributed by atoms with Crippen molar-refractivity contribution >= 4 is 10.2 Å². The van der Waals surface area contributed by atoms with Gasteiger partial charge in [0.15, 0.2) is 11.5 Å². The topological polar surface area (TPSA) is 59.1 Å². The van der Waals surface area contributed by atoms with E-state index in [4.69, 9.17) is 9.47 Å². The summed E-state index contributed by atoms with van der Waals surface area (Å²) in [6, 6.07) is 5.51. The maximum absolute atomic E-state index is 13.1.